The number of hydrogen-bond acceptors (Lipinski definition) is 4. The van der Waals surface area contributed by atoms with E-state index in [4.69, 9.17) is 9.47 Å². The lowest BCUT2D eigenvalue weighted by molar-refractivity contribution is 0.299. The Labute approximate surface area is 146 Å². The lowest BCUT2D eigenvalue weighted by Crippen LogP contribution is -2.19. The van der Waals surface area contributed by atoms with Crippen molar-refractivity contribution in [2.75, 3.05) is 20.8 Å². The molecule has 0 saturated carbocycles. The number of methoxy groups -OCH3 is 2. The number of aliphatic hydroxyl groups is 1. The van der Waals surface area contributed by atoms with Gasteiger partial charge in [-0.3, -0.25) is 4.79 Å². The average molecular weight is 339 g/mol. The van der Waals surface area contributed by atoms with Gasteiger partial charge in [-0.1, -0.05) is 18.2 Å². The maximum Gasteiger partial charge on any atom is 0.258 e. The van der Waals surface area contributed by atoms with Crippen LogP contribution < -0.4 is 15.0 Å². The number of ether oxygens (including phenoxy) is 2. The van der Waals surface area contributed by atoms with Crippen LogP contribution in [0, 0.1) is 0 Å². The summed E-state index contributed by atoms with van der Waals surface area (Å²) in [4.78, 5) is 12.7. The number of hydrogen-bond donors (Lipinski definition) is 1. The number of rotatable bonds is 5. The summed E-state index contributed by atoms with van der Waals surface area (Å²) in [6.07, 6.45) is 0.455. The molecule has 0 atom stereocenters. The highest BCUT2D eigenvalue weighted by atomic mass is 16.5. The van der Waals surface area contributed by atoms with Crippen LogP contribution in [0.1, 0.15) is 5.56 Å². The van der Waals surface area contributed by atoms with Crippen molar-refractivity contribution in [2.45, 2.75) is 6.42 Å². The van der Waals surface area contributed by atoms with Crippen LogP contribution in [0.2, 0.25) is 0 Å². The van der Waals surface area contributed by atoms with Gasteiger partial charge in [0.25, 0.3) is 5.56 Å². The van der Waals surface area contributed by atoms with Crippen LogP contribution in [0.25, 0.3) is 22.0 Å². The monoisotopic (exact) mass is 339 g/mol. The predicted octanol–water partition coefficient (Wildman–Crippen LogP) is 2.76. The molecule has 0 aliphatic heterocycles. The zero-order valence-corrected chi connectivity index (χ0v) is 14.6. The van der Waals surface area contributed by atoms with Crippen molar-refractivity contribution in [2.24, 2.45) is 7.05 Å². The van der Waals surface area contributed by atoms with E-state index in [-0.39, 0.29) is 12.2 Å². The van der Waals surface area contributed by atoms with E-state index in [1.165, 1.54) is 0 Å². The smallest absolute Gasteiger partial charge is 0.258 e. The molecule has 0 bridgehead atoms. The molecule has 25 heavy (non-hydrogen) atoms. The molecule has 0 spiro atoms. The van der Waals surface area contributed by atoms with Crippen molar-refractivity contribution in [1.29, 1.82) is 0 Å². The summed E-state index contributed by atoms with van der Waals surface area (Å²) in [5.41, 5.74) is 2.45. The van der Waals surface area contributed by atoms with Crippen LogP contribution in [-0.4, -0.2) is 30.5 Å². The third-order valence-corrected chi connectivity index (χ3v) is 4.42. The van der Waals surface area contributed by atoms with Gasteiger partial charge in [0.15, 0.2) is 11.5 Å². The molecule has 0 fully saturated rings. The highest BCUT2D eigenvalue weighted by Crippen LogP contribution is 2.36. The molecule has 0 amide bonds. The van der Waals surface area contributed by atoms with Gasteiger partial charge in [-0.2, -0.15) is 0 Å². The zero-order valence-electron chi connectivity index (χ0n) is 14.6. The first-order valence-corrected chi connectivity index (χ1v) is 8.05. The minimum atomic E-state index is -0.0576. The third-order valence-electron chi connectivity index (χ3n) is 4.42. The molecule has 0 unspecified atom stereocenters. The topological polar surface area (TPSA) is 60.7 Å². The van der Waals surface area contributed by atoms with Crippen molar-refractivity contribution in [3.63, 3.8) is 0 Å². The Bertz CT molecular complexity index is 975. The van der Waals surface area contributed by atoms with Crippen LogP contribution in [-0.2, 0) is 13.5 Å². The second kappa shape index (κ2) is 6.99. The maximum atomic E-state index is 12.7. The molecule has 5 heteroatoms. The molecule has 3 aromatic rings. The van der Waals surface area contributed by atoms with Gasteiger partial charge in [0.1, 0.15) is 0 Å². The summed E-state index contributed by atoms with van der Waals surface area (Å²) in [6.45, 7) is 0.00398. The van der Waals surface area contributed by atoms with Crippen molar-refractivity contribution >= 4 is 10.8 Å². The van der Waals surface area contributed by atoms with E-state index in [9.17, 15) is 9.90 Å². The lowest BCUT2D eigenvalue weighted by Gasteiger charge is -2.17. The van der Waals surface area contributed by atoms with Crippen LogP contribution in [0.4, 0.5) is 0 Å². The summed E-state index contributed by atoms with van der Waals surface area (Å²) in [6, 6.07) is 13.2. The SMILES string of the molecule is COc1cc(CCO)c(-c2cc3ccccc3c(=O)n2C)cc1OC. The molecule has 0 saturated heterocycles. The van der Waals surface area contributed by atoms with Crippen molar-refractivity contribution in [1.82, 2.24) is 4.57 Å². The van der Waals surface area contributed by atoms with Gasteiger partial charge in [-0.25, -0.2) is 0 Å². The predicted molar refractivity (Wildman–Crippen MR) is 98.5 cm³/mol. The molecular formula is C20H21NO4. The second-order valence-corrected chi connectivity index (χ2v) is 5.82. The van der Waals surface area contributed by atoms with E-state index in [0.29, 0.717) is 23.3 Å². The molecule has 130 valence electrons. The molecule has 1 aromatic heterocycles. The Morgan fingerprint density at radius 2 is 1.72 bits per heavy atom. The molecule has 2 aromatic carbocycles. The first-order chi connectivity index (χ1) is 12.1. The van der Waals surface area contributed by atoms with E-state index in [1.807, 2.05) is 42.5 Å². The Kier molecular flexibility index (Phi) is 4.76. The molecule has 0 aliphatic rings. The fourth-order valence-corrected chi connectivity index (χ4v) is 3.10. The molecule has 3 rings (SSSR count). The Morgan fingerprint density at radius 1 is 1.04 bits per heavy atom. The molecule has 1 N–H and O–H groups in total. The van der Waals surface area contributed by atoms with E-state index >= 15 is 0 Å². The van der Waals surface area contributed by atoms with E-state index in [2.05, 4.69) is 0 Å². The van der Waals surface area contributed by atoms with Crippen LogP contribution in [0.3, 0.4) is 0 Å². The first-order valence-electron chi connectivity index (χ1n) is 8.05. The minimum absolute atomic E-state index is 0.00398. The third kappa shape index (κ3) is 2.98. The van der Waals surface area contributed by atoms with Crippen LogP contribution >= 0.6 is 0 Å². The number of aromatic nitrogens is 1. The molecular weight excluding hydrogens is 318 g/mol. The van der Waals surface area contributed by atoms with Crippen molar-refractivity contribution in [3.8, 4) is 22.8 Å². The second-order valence-electron chi connectivity index (χ2n) is 5.82. The number of fused-ring (bicyclic) bond motifs is 1. The van der Waals surface area contributed by atoms with Gasteiger partial charge in [0.05, 0.1) is 19.9 Å². The van der Waals surface area contributed by atoms with Gasteiger partial charge in [-0.05, 0) is 41.6 Å². The van der Waals surface area contributed by atoms with Crippen LogP contribution in [0.5, 0.6) is 11.5 Å². The Hall–Kier alpha value is -2.79. The number of aliphatic hydroxyl groups excluding tert-OH is 1. The van der Waals surface area contributed by atoms with E-state index in [0.717, 1.165) is 22.2 Å². The van der Waals surface area contributed by atoms with Crippen LogP contribution in [0.15, 0.2) is 47.3 Å². The van der Waals surface area contributed by atoms with E-state index < -0.39 is 0 Å². The van der Waals surface area contributed by atoms with Gasteiger partial charge >= 0.3 is 0 Å². The van der Waals surface area contributed by atoms with E-state index in [1.54, 1.807) is 25.8 Å². The summed E-state index contributed by atoms with van der Waals surface area (Å²) < 4.78 is 12.4. The molecule has 1 heterocycles. The number of benzene rings is 2. The Morgan fingerprint density at radius 3 is 2.40 bits per heavy atom. The van der Waals surface area contributed by atoms with Crippen molar-refractivity contribution in [3.05, 3.63) is 58.4 Å². The summed E-state index contributed by atoms with van der Waals surface area (Å²) >= 11 is 0. The van der Waals surface area contributed by atoms with Gasteiger partial charge < -0.3 is 19.1 Å². The first kappa shape index (κ1) is 17.0. The fourth-order valence-electron chi connectivity index (χ4n) is 3.10. The molecule has 0 aliphatic carbocycles. The van der Waals surface area contributed by atoms with Gasteiger partial charge in [0.2, 0.25) is 0 Å². The highest BCUT2D eigenvalue weighted by molar-refractivity contribution is 5.86. The summed E-state index contributed by atoms with van der Waals surface area (Å²) in [7, 11) is 4.91. The summed E-state index contributed by atoms with van der Waals surface area (Å²) in [5, 5.41) is 11.0. The van der Waals surface area contributed by atoms with Gasteiger partial charge in [0, 0.05) is 24.6 Å². The quantitative estimate of drug-likeness (QED) is 0.776. The molecule has 5 nitrogen and oxygen atoms in total. The standard InChI is InChI=1S/C20H21NO4/c1-21-17(10-13-6-4-5-7-15(13)20(21)23)16-12-19(25-3)18(24-2)11-14(16)8-9-22/h4-7,10-12,22H,8-9H2,1-3H3. The normalized spacial score (nSPS) is 10.9. The van der Waals surface area contributed by atoms with Gasteiger partial charge in [-0.15, -0.1) is 0 Å². The molecule has 0 radical (unpaired) electrons. The number of nitrogens with zero attached hydrogens (tertiary/aromatic N) is 1. The maximum absolute atomic E-state index is 12.7. The number of pyridine rings is 1. The highest BCUT2D eigenvalue weighted by Gasteiger charge is 2.16. The van der Waals surface area contributed by atoms with Crippen molar-refractivity contribution < 1.29 is 14.6 Å². The Balaban J connectivity index is 2.33. The summed E-state index contributed by atoms with van der Waals surface area (Å²) in [5.74, 6) is 1.18. The minimum Gasteiger partial charge on any atom is -0.493 e. The average Bonchev–Trinajstić information content (AvgIpc) is 2.64. The largest absolute Gasteiger partial charge is 0.493 e. The zero-order chi connectivity index (χ0) is 18.0. The fraction of sp³-hybridized carbons (Fsp3) is 0.250. The lowest BCUT2D eigenvalue weighted by atomic mass is 9.98.